The molecule has 0 aliphatic heterocycles. The smallest absolute Gasteiger partial charge is 0.264 e. The van der Waals surface area contributed by atoms with Crippen molar-refractivity contribution in [1.82, 2.24) is 10.2 Å². The summed E-state index contributed by atoms with van der Waals surface area (Å²) in [6.07, 6.45) is 1.06. The number of benzene rings is 3. The summed E-state index contributed by atoms with van der Waals surface area (Å²) in [6.45, 7) is 7.15. The van der Waals surface area contributed by atoms with Gasteiger partial charge in [0.1, 0.15) is 12.6 Å². The molecule has 0 bridgehead atoms. The molecule has 2 amide bonds. The summed E-state index contributed by atoms with van der Waals surface area (Å²) in [5.41, 5.74) is 1.87. The Kier molecular flexibility index (Phi) is 11.0. The number of sulfonamides is 1. The Morgan fingerprint density at radius 2 is 1.55 bits per heavy atom. The van der Waals surface area contributed by atoms with E-state index in [0.29, 0.717) is 6.42 Å². The second-order valence-electron chi connectivity index (χ2n) is 9.59. The quantitative estimate of drug-likeness (QED) is 0.266. The molecule has 0 fully saturated rings. The van der Waals surface area contributed by atoms with Gasteiger partial charge in [0.25, 0.3) is 10.0 Å². The Balaban J connectivity index is 2.10. The highest BCUT2D eigenvalue weighted by atomic mass is 35.5. The predicted octanol–water partition coefficient (Wildman–Crippen LogP) is 6.22. The zero-order chi connectivity index (χ0) is 29.4. The first-order chi connectivity index (χ1) is 19.0. The average molecular weight is 605 g/mol. The van der Waals surface area contributed by atoms with Crippen molar-refractivity contribution in [2.24, 2.45) is 0 Å². The van der Waals surface area contributed by atoms with E-state index in [9.17, 15) is 18.0 Å². The minimum absolute atomic E-state index is 0.00322. The van der Waals surface area contributed by atoms with Gasteiger partial charge in [0.2, 0.25) is 11.8 Å². The Hall–Kier alpha value is -3.07. The molecule has 214 valence electrons. The number of hydrogen-bond acceptors (Lipinski definition) is 4. The Morgan fingerprint density at radius 1 is 0.900 bits per heavy atom. The first-order valence-electron chi connectivity index (χ1n) is 13.2. The van der Waals surface area contributed by atoms with Crippen molar-refractivity contribution >= 4 is 50.7 Å². The molecule has 2 atom stereocenters. The summed E-state index contributed by atoms with van der Waals surface area (Å²) in [7, 11) is -4.24. The Labute approximate surface area is 247 Å². The van der Waals surface area contributed by atoms with Crippen molar-refractivity contribution < 1.29 is 18.0 Å². The van der Waals surface area contributed by atoms with E-state index in [1.54, 1.807) is 30.3 Å². The van der Waals surface area contributed by atoms with E-state index in [-0.39, 0.29) is 39.1 Å². The SMILES string of the molecule is CC[C@H](C(=O)N[C@@H](C)CC)N(Cc1ccccc1C)C(=O)CN(c1cccc(Cl)c1Cl)S(=O)(=O)c1ccccc1. The van der Waals surface area contributed by atoms with Gasteiger partial charge in [0.15, 0.2) is 0 Å². The number of carbonyl (C=O) groups is 2. The topological polar surface area (TPSA) is 86.8 Å². The molecule has 3 rings (SSSR count). The summed E-state index contributed by atoms with van der Waals surface area (Å²) >= 11 is 12.7. The summed E-state index contributed by atoms with van der Waals surface area (Å²) in [6, 6.07) is 19.1. The van der Waals surface area contributed by atoms with Gasteiger partial charge in [0, 0.05) is 12.6 Å². The predicted molar refractivity (Wildman–Crippen MR) is 161 cm³/mol. The van der Waals surface area contributed by atoms with Crippen LogP contribution >= 0.6 is 23.2 Å². The highest BCUT2D eigenvalue weighted by molar-refractivity contribution is 7.92. The van der Waals surface area contributed by atoms with Crippen LogP contribution in [0.3, 0.4) is 0 Å². The minimum atomic E-state index is -4.24. The third-order valence-electron chi connectivity index (χ3n) is 6.80. The van der Waals surface area contributed by atoms with Crippen LogP contribution in [0.25, 0.3) is 0 Å². The number of nitrogens with zero attached hydrogens (tertiary/aromatic N) is 2. The zero-order valence-electron chi connectivity index (χ0n) is 23.1. The van der Waals surface area contributed by atoms with Crippen LogP contribution in [0.5, 0.6) is 0 Å². The van der Waals surface area contributed by atoms with E-state index < -0.39 is 28.5 Å². The highest BCUT2D eigenvalue weighted by Gasteiger charge is 2.35. The maximum atomic E-state index is 14.1. The summed E-state index contributed by atoms with van der Waals surface area (Å²) < 4.78 is 28.8. The van der Waals surface area contributed by atoms with Crippen molar-refractivity contribution in [3.63, 3.8) is 0 Å². The number of amides is 2. The number of nitrogens with one attached hydrogen (secondary N) is 1. The lowest BCUT2D eigenvalue weighted by atomic mass is 10.1. The van der Waals surface area contributed by atoms with Crippen molar-refractivity contribution in [1.29, 1.82) is 0 Å². The van der Waals surface area contributed by atoms with Gasteiger partial charge in [-0.3, -0.25) is 13.9 Å². The van der Waals surface area contributed by atoms with E-state index in [4.69, 9.17) is 23.2 Å². The lowest BCUT2D eigenvalue weighted by Gasteiger charge is -2.34. The average Bonchev–Trinajstić information content (AvgIpc) is 2.94. The van der Waals surface area contributed by atoms with Gasteiger partial charge in [-0.25, -0.2) is 8.42 Å². The number of halogens is 2. The molecule has 3 aromatic carbocycles. The number of hydrogen-bond donors (Lipinski definition) is 1. The van der Waals surface area contributed by atoms with Crippen LogP contribution in [0.2, 0.25) is 10.0 Å². The first kappa shape index (κ1) is 31.5. The van der Waals surface area contributed by atoms with Crippen LogP contribution in [0.4, 0.5) is 5.69 Å². The minimum Gasteiger partial charge on any atom is -0.352 e. The molecule has 10 heteroatoms. The second-order valence-corrected chi connectivity index (χ2v) is 12.2. The molecular formula is C30H35Cl2N3O4S. The van der Waals surface area contributed by atoms with Gasteiger partial charge in [0.05, 0.1) is 20.6 Å². The number of rotatable bonds is 12. The summed E-state index contributed by atoms with van der Waals surface area (Å²) in [5, 5.41) is 3.12. The molecule has 3 aromatic rings. The van der Waals surface area contributed by atoms with Crippen LogP contribution in [0.1, 0.15) is 44.7 Å². The van der Waals surface area contributed by atoms with Crippen molar-refractivity contribution in [3.8, 4) is 0 Å². The Morgan fingerprint density at radius 3 is 2.17 bits per heavy atom. The largest absolute Gasteiger partial charge is 0.352 e. The van der Waals surface area contributed by atoms with Crippen LogP contribution in [-0.2, 0) is 26.2 Å². The first-order valence-corrected chi connectivity index (χ1v) is 15.4. The lowest BCUT2D eigenvalue weighted by Crippen LogP contribution is -2.53. The highest BCUT2D eigenvalue weighted by Crippen LogP contribution is 2.35. The molecule has 0 saturated carbocycles. The van der Waals surface area contributed by atoms with Crippen LogP contribution in [0, 0.1) is 6.92 Å². The van der Waals surface area contributed by atoms with Crippen molar-refractivity contribution in [2.45, 2.75) is 64.1 Å². The fraction of sp³-hybridized carbons (Fsp3) is 0.333. The number of carbonyl (C=O) groups excluding carboxylic acids is 2. The second kappa shape index (κ2) is 14.0. The molecule has 0 aromatic heterocycles. The molecule has 0 unspecified atom stereocenters. The monoisotopic (exact) mass is 603 g/mol. The standard InChI is InChI=1S/C30H35Cl2N3O4S/c1-5-22(4)33-30(37)26(6-2)34(19-23-14-11-10-13-21(23)3)28(36)20-35(27-18-12-17-25(31)29(27)32)40(38,39)24-15-8-7-9-16-24/h7-18,22,26H,5-6,19-20H2,1-4H3,(H,33,37)/t22-,26+/m0/s1. The maximum Gasteiger partial charge on any atom is 0.264 e. The van der Waals surface area contributed by atoms with Gasteiger partial charge < -0.3 is 10.2 Å². The van der Waals surface area contributed by atoms with Crippen molar-refractivity contribution in [3.05, 3.63) is 94.0 Å². The van der Waals surface area contributed by atoms with Gasteiger partial charge in [-0.15, -0.1) is 0 Å². The molecule has 0 aliphatic carbocycles. The Bertz CT molecular complexity index is 1430. The molecule has 0 radical (unpaired) electrons. The summed E-state index contributed by atoms with van der Waals surface area (Å²) in [5.74, 6) is -0.845. The molecule has 0 aliphatic rings. The fourth-order valence-corrected chi connectivity index (χ4v) is 6.14. The molecule has 0 heterocycles. The fourth-order valence-electron chi connectivity index (χ4n) is 4.25. The third kappa shape index (κ3) is 7.36. The zero-order valence-corrected chi connectivity index (χ0v) is 25.4. The van der Waals surface area contributed by atoms with E-state index in [1.165, 1.54) is 23.1 Å². The number of anilines is 1. The lowest BCUT2D eigenvalue weighted by molar-refractivity contribution is -0.140. The van der Waals surface area contributed by atoms with Gasteiger partial charge in [-0.1, -0.05) is 85.6 Å². The van der Waals surface area contributed by atoms with Crippen LogP contribution < -0.4 is 9.62 Å². The van der Waals surface area contributed by atoms with E-state index in [1.807, 2.05) is 52.0 Å². The normalized spacial score (nSPS) is 12.8. The van der Waals surface area contributed by atoms with Crippen molar-refractivity contribution in [2.75, 3.05) is 10.8 Å². The van der Waals surface area contributed by atoms with Gasteiger partial charge in [-0.2, -0.15) is 0 Å². The molecule has 1 N–H and O–H groups in total. The molecular weight excluding hydrogens is 569 g/mol. The summed E-state index contributed by atoms with van der Waals surface area (Å²) in [4.78, 5) is 28.9. The molecule has 40 heavy (non-hydrogen) atoms. The van der Waals surface area contributed by atoms with Crippen LogP contribution in [-0.4, -0.2) is 43.8 Å². The third-order valence-corrected chi connectivity index (χ3v) is 9.38. The van der Waals surface area contributed by atoms with E-state index in [2.05, 4.69) is 5.32 Å². The van der Waals surface area contributed by atoms with Gasteiger partial charge in [-0.05, 0) is 62.1 Å². The van der Waals surface area contributed by atoms with E-state index in [0.717, 1.165) is 21.9 Å². The van der Waals surface area contributed by atoms with E-state index >= 15 is 0 Å². The molecule has 7 nitrogen and oxygen atoms in total. The molecule has 0 spiro atoms. The number of aryl methyl sites for hydroxylation is 1. The van der Waals surface area contributed by atoms with Gasteiger partial charge >= 0.3 is 0 Å². The maximum absolute atomic E-state index is 14.1. The van der Waals surface area contributed by atoms with Crippen LogP contribution in [0.15, 0.2) is 77.7 Å². The molecule has 0 saturated heterocycles.